The van der Waals surface area contributed by atoms with Crippen molar-refractivity contribution in [1.29, 1.82) is 0 Å². The van der Waals surface area contributed by atoms with Crippen molar-refractivity contribution in [3.63, 3.8) is 0 Å². The molecule has 2 aliphatic rings. The smallest absolute Gasteiger partial charge is 0.309 e. The van der Waals surface area contributed by atoms with Gasteiger partial charge in [0.15, 0.2) is 0 Å². The fourth-order valence-corrected chi connectivity index (χ4v) is 3.14. The van der Waals surface area contributed by atoms with Gasteiger partial charge in [0.25, 0.3) is 0 Å². The number of fused-ring (bicyclic) bond motifs is 1. The first-order valence-corrected chi connectivity index (χ1v) is 6.10. The summed E-state index contributed by atoms with van der Waals surface area (Å²) in [5.41, 5.74) is 0. The van der Waals surface area contributed by atoms with Gasteiger partial charge in [0.05, 0.1) is 19.1 Å². The molecule has 4 atom stereocenters. The number of methoxy groups -OCH3 is 1. The van der Waals surface area contributed by atoms with Crippen molar-refractivity contribution in [1.82, 2.24) is 4.90 Å². The van der Waals surface area contributed by atoms with E-state index in [4.69, 9.17) is 4.74 Å². The number of esters is 1. The zero-order chi connectivity index (χ0) is 11.7. The van der Waals surface area contributed by atoms with Crippen LogP contribution in [-0.4, -0.2) is 48.8 Å². The number of likely N-dealkylation sites (tertiary alicyclic amines) is 1. The van der Waals surface area contributed by atoms with Crippen LogP contribution in [0.25, 0.3) is 0 Å². The van der Waals surface area contributed by atoms with E-state index in [1.807, 2.05) is 6.92 Å². The summed E-state index contributed by atoms with van der Waals surface area (Å²) in [6.45, 7) is 4.62. The number of hydrogen-bond donors (Lipinski definition) is 1. The highest BCUT2D eigenvalue weighted by molar-refractivity contribution is 5.72. The first kappa shape index (κ1) is 11.9. The molecule has 1 saturated heterocycles. The predicted octanol–water partition coefficient (Wildman–Crippen LogP) is 0.498. The molecule has 1 saturated carbocycles. The minimum atomic E-state index is -0.141. The Hall–Kier alpha value is -0.610. The lowest BCUT2D eigenvalue weighted by atomic mass is 10.00. The quantitative estimate of drug-likeness (QED) is 0.713. The van der Waals surface area contributed by atoms with E-state index in [1.165, 1.54) is 7.11 Å². The minimum Gasteiger partial charge on any atom is -0.469 e. The molecule has 1 aliphatic heterocycles. The van der Waals surface area contributed by atoms with E-state index in [1.54, 1.807) is 0 Å². The zero-order valence-corrected chi connectivity index (χ0v) is 10.1. The maximum Gasteiger partial charge on any atom is 0.309 e. The van der Waals surface area contributed by atoms with Crippen molar-refractivity contribution in [2.75, 3.05) is 26.7 Å². The number of hydrogen-bond acceptors (Lipinski definition) is 4. The zero-order valence-electron chi connectivity index (χ0n) is 10.1. The summed E-state index contributed by atoms with van der Waals surface area (Å²) in [6.07, 6.45) is 1.97. The van der Waals surface area contributed by atoms with E-state index in [0.717, 1.165) is 32.5 Å². The van der Waals surface area contributed by atoms with Crippen molar-refractivity contribution in [3.8, 4) is 0 Å². The summed E-state index contributed by atoms with van der Waals surface area (Å²) >= 11 is 0. The number of ether oxygens (including phenoxy) is 1. The van der Waals surface area contributed by atoms with Gasteiger partial charge in [-0.1, -0.05) is 6.92 Å². The van der Waals surface area contributed by atoms with Gasteiger partial charge in [-0.2, -0.15) is 0 Å². The first-order chi connectivity index (χ1) is 7.61. The van der Waals surface area contributed by atoms with E-state index in [-0.39, 0.29) is 18.0 Å². The molecule has 92 valence electrons. The Labute approximate surface area is 96.6 Å². The number of carbonyl (C=O) groups excluding carboxylic acids is 1. The number of nitrogens with zero attached hydrogens (tertiary/aromatic N) is 1. The van der Waals surface area contributed by atoms with Crippen LogP contribution in [0.1, 0.15) is 19.8 Å². The summed E-state index contributed by atoms with van der Waals surface area (Å²) in [4.78, 5) is 13.6. The van der Waals surface area contributed by atoms with Crippen LogP contribution in [0.2, 0.25) is 0 Å². The van der Waals surface area contributed by atoms with E-state index in [9.17, 15) is 9.90 Å². The van der Waals surface area contributed by atoms with Crippen molar-refractivity contribution in [3.05, 3.63) is 0 Å². The Morgan fingerprint density at radius 2 is 2.25 bits per heavy atom. The molecule has 2 rings (SSSR count). The van der Waals surface area contributed by atoms with Crippen molar-refractivity contribution in [2.24, 2.45) is 17.8 Å². The maximum absolute atomic E-state index is 11.3. The Bertz CT molecular complexity index is 269. The van der Waals surface area contributed by atoms with Gasteiger partial charge in [-0.05, 0) is 18.8 Å². The molecule has 0 aromatic heterocycles. The molecule has 4 unspecified atom stereocenters. The Kier molecular flexibility index (Phi) is 3.50. The van der Waals surface area contributed by atoms with Crippen LogP contribution in [0.15, 0.2) is 0 Å². The van der Waals surface area contributed by atoms with Crippen molar-refractivity contribution < 1.29 is 14.6 Å². The second kappa shape index (κ2) is 4.72. The average molecular weight is 227 g/mol. The van der Waals surface area contributed by atoms with Crippen molar-refractivity contribution in [2.45, 2.75) is 25.9 Å². The molecule has 0 spiro atoms. The normalized spacial score (nSPS) is 36.1. The number of rotatable bonds is 3. The Morgan fingerprint density at radius 3 is 2.88 bits per heavy atom. The lowest BCUT2D eigenvalue weighted by Crippen LogP contribution is -2.32. The van der Waals surface area contributed by atoms with Crippen LogP contribution in [-0.2, 0) is 9.53 Å². The second-order valence-electron chi connectivity index (χ2n) is 5.21. The van der Waals surface area contributed by atoms with Gasteiger partial charge in [0, 0.05) is 25.6 Å². The molecule has 1 N–H and O–H groups in total. The van der Waals surface area contributed by atoms with Gasteiger partial charge in [0.1, 0.15) is 0 Å². The van der Waals surface area contributed by atoms with Gasteiger partial charge >= 0.3 is 5.97 Å². The molecule has 1 heterocycles. The van der Waals surface area contributed by atoms with Gasteiger partial charge in [0.2, 0.25) is 0 Å². The van der Waals surface area contributed by atoms with Crippen LogP contribution in [0.3, 0.4) is 0 Å². The van der Waals surface area contributed by atoms with E-state index < -0.39 is 0 Å². The van der Waals surface area contributed by atoms with Gasteiger partial charge in [-0.25, -0.2) is 0 Å². The van der Waals surface area contributed by atoms with Gasteiger partial charge in [-0.3, -0.25) is 4.79 Å². The molecule has 0 aromatic carbocycles. The molecule has 0 amide bonds. The molecular weight excluding hydrogens is 206 g/mol. The highest BCUT2D eigenvalue weighted by atomic mass is 16.5. The molecule has 0 bridgehead atoms. The molecule has 1 aliphatic carbocycles. The van der Waals surface area contributed by atoms with Crippen LogP contribution < -0.4 is 0 Å². The highest BCUT2D eigenvalue weighted by Gasteiger charge is 2.42. The standard InChI is InChI=1S/C12H21NO3/c1-8(12(15)16-2)5-13-6-9-3-4-11(14)10(9)7-13/h8-11,14H,3-7H2,1-2H3. The molecule has 2 fully saturated rings. The van der Waals surface area contributed by atoms with Crippen LogP contribution in [0, 0.1) is 17.8 Å². The summed E-state index contributed by atoms with van der Waals surface area (Å²) in [6, 6.07) is 0. The van der Waals surface area contributed by atoms with Gasteiger partial charge < -0.3 is 14.7 Å². The summed E-state index contributed by atoms with van der Waals surface area (Å²) in [5, 5.41) is 9.79. The summed E-state index contributed by atoms with van der Waals surface area (Å²) in [5.74, 6) is 0.864. The molecule has 4 heteroatoms. The number of aliphatic hydroxyl groups is 1. The summed E-state index contributed by atoms with van der Waals surface area (Å²) in [7, 11) is 1.43. The molecule has 16 heavy (non-hydrogen) atoms. The lowest BCUT2D eigenvalue weighted by Gasteiger charge is -2.20. The van der Waals surface area contributed by atoms with Crippen LogP contribution in [0.5, 0.6) is 0 Å². The Balaban J connectivity index is 1.83. The van der Waals surface area contributed by atoms with E-state index >= 15 is 0 Å². The fraction of sp³-hybridized carbons (Fsp3) is 0.917. The van der Waals surface area contributed by atoms with Crippen LogP contribution >= 0.6 is 0 Å². The number of carbonyl (C=O) groups is 1. The average Bonchev–Trinajstić information content (AvgIpc) is 2.80. The van der Waals surface area contributed by atoms with Crippen molar-refractivity contribution >= 4 is 5.97 Å². The van der Waals surface area contributed by atoms with Gasteiger partial charge in [-0.15, -0.1) is 0 Å². The second-order valence-corrected chi connectivity index (χ2v) is 5.21. The number of aliphatic hydroxyl groups excluding tert-OH is 1. The first-order valence-electron chi connectivity index (χ1n) is 6.10. The largest absolute Gasteiger partial charge is 0.469 e. The fourth-order valence-electron chi connectivity index (χ4n) is 3.14. The minimum absolute atomic E-state index is 0.0685. The third-order valence-electron chi connectivity index (χ3n) is 4.03. The molecule has 4 nitrogen and oxygen atoms in total. The van der Waals surface area contributed by atoms with E-state index in [0.29, 0.717) is 11.8 Å². The third-order valence-corrected chi connectivity index (χ3v) is 4.03. The third kappa shape index (κ3) is 2.23. The maximum atomic E-state index is 11.3. The van der Waals surface area contributed by atoms with E-state index in [2.05, 4.69) is 4.90 Å². The predicted molar refractivity (Wildman–Crippen MR) is 59.8 cm³/mol. The highest BCUT2D eigenvalue weighted by Crippen LogP contribution is 2.38. The van der Waals surface area contributed by atoms with Crippen LogP contribution in [0.4, 0.5) is 0 Å². The molecule has 0 aromatic rings. The monoisotopic (exact) mass is 227 g/mol. The Morgan fingerprint density at radius 1 is 1.50 bits per heavy atom. The lowest BCUT2D eigenvalue weighted by molar-refractivity contribution is -0.145. The topological polar surface area (TPSA) is 49.8 Å². The SMILES string of the molecule is COC(=O)C(C)CN1CC2CCC(O)C2C1. The molecular formula is C12H21NO3. The summed E-state index contributed by atoms with van der Waals surface area (Å²) < 4.78 is 4.72. The molecule has 0 radical (unpaired) electrons.